The molecule has 0 fully saturated rings. The van der Waals surface area contributed by atoms with Crippen LogP contribution < -0.4 is 18.9 Å². The largest absolute Gasteiger partial charge is 0.454 e. The first-order valence-corrected chi connectivity index (χ1v) is 6.30. The zero-order valence-electron chi connectivity index (χ0n) is 10.7. The van der Waals surface area contributed by atoms with Crippen LogP contribution in [-0.4, -0.2) is 13.6 Å². The molecule has 4 rings (SSSR count). The van der Waals surface area contributed by atoms with Gasteiger partial charge in [-0.1, -0.05) is 18.7 Å². The number of ether oxygens (including phenoxy) is 4. The molecule has 20 heavy (non-hydrogen) atoms. The third kappa shape index (κ3) is 1.69. The molecule has 100 valence electrons. The van der Waals surface area contributed by atoms with Crippen LogP contribution in [0.2, 0.25) is 0 Å². The van der Waals surface area contributed by atoms with Gasteiger partial charge in [-0.2, -0.15) is 0 Å². The van der Waals surface area contributed by atoms with Crippen LogP contribution in [0.3, 0.4) is 0 Å². The molecule has 2 heterocycles. The number of rotatable bonds is 2. The molecular weight excluding hydrogens is 256 g/mol. The maximum Gasteiger partial charge on any atom is 0.231 e. The van der Waals surface area contributed by atoms with Crippen molar-refractivity contribution in [3.8, 4) is 23.0 Å². The van der Waals surface area contributed by atoms with Crippen molar-refractivity contribution in [2.75, 3.05) is 13.6 Å². The van der Waals surface area contributed by atoms with Crippen LogP contribution in [0.4, 0.5) is 0 Å². The Balaban J connectivity index is 1.70. The third-order valence-corrected chi connectivity index (χ3v) is 3.44. The van der Waals surface area contributed by atoms with Crippen molar-refractivity contribution >= 4 is 5.57 Å². The first-order chi connectivity index (χ1) is 9.81. The predicted octanol–water partition coefficient (Wildman–Crippen LogP) is 3.21. The maximum absolute atomic E-state index is 5.39. The second-order valence-corrected chi connectivity index (χ2v) is 4.61. The van der Waals surface area contributed by atoms with E-state index in [9.17, 15) is 0 Å². The molecule has 0 N–H and O–H groups in total. The van der Waals surface area contributed by atoms with Gasteiger partial charge in [-0.15, -0.1) is 0 Å². The normalized spacial score (nSPS) is 14.4. The second-order valence-electron chi connectivity index (χ2n) is 4.61. The van der Waals surface area contributed by atoms with Gasteiger partial charge in [-0.05, 0) is 41.0 Å². The summed E-state index contributed by atoms with van der Waals surface area (Å²) in [6.07, 6.45) is 0. The molecule has 0 spiro atoms. The van der Waals surface area contributed by atoms with E-state index in [-0.39, 0.29) is 13.6 Å². The second kappa shape index (κ2) is 4.20. The highest BCUT2D eigenvalue weighted by Gasteiger charge is 2.17. The summed E-state index contributed by atoms with van der Waals surface area (Å²) in [6, 6.07) is 11.6. The van der Waals surface area contributed by atoms with E-state index in [0.29, 0.717) is 0 Å². The molecule has 0 aliphatic carbocycles. The van der Waals surface area contributed by atoms with Gasteiger partial charge in [0.2, 0.25) is 13.6 Å². The van der Waals surface area contributed by atoms with Crippen molar-refractivity contribution in [3.05, 3.63) is 54.1 Å². The van der Waals surface area contributed by atoms with Crippen LogP contribution in [0.15, 0.2) is 43.0 Å². The SMILES string of the molecule is C=C(c1ccc2c(c1)OCO2)c1ccc2c(c1)OCO2. The van der Waals surface area contributed by atoms with E-state index in [1.807, 2.05) is 36.4 Å². The topological polar surface area (TPSA) is 36.9 Å². The Hall–Kier alpha value is -2.62. The fraction of sp³-hybridized carbons (Fsp3) is 0.125. The van der Waals surface area contributed by atoms with Gasteiger partial charge < -0.3 is 18.9 Å². The smallest absolute Gasteiger partial charge is 0.231 e. The van der Waals surface area contributed by atoms with Crippen molar-refractivity contribution in [1.82, 2.24) is 0 Å². The summed E-state index contributed by atoms with van der Waals surface area (Å²) in [6.45, 7) is 4.70. The minimum atomic E-state index is 0.273. The number of fused-ring (bicyclic) bond motifs is 2. The lowest BCUT2D eigenvalue weighted by molar-refractivity contribution is 0.173. The molecule has 2 aromatic rings. The van der Waals surface area contributed by atoms with Crippen LogP contribution in [0.25, 0.3) is 5.57 Å². The molecule has 4 nitrogen and oxygen atoms in total. The van der Waals surface area contributed by atoms with Gasteiger partial charge in [0.25, 0.3) is 0 Å². The van der Waals surface area contributed by atoms with Crippen LogP contribution in [0.5, 0.6) is 23.0 Å². The molecule has 4 heteroatoms. The van der Waals surface area contributed by atoms with E-state index < -0.39 is 0 Å². The molecule has 0 aromatic heterocycles. The standard InChI is InChI=1S/C16H12O4/c1-10(11-2-4-13-15(6-11)19-8-17-13)12-3-5-14-16(7-12)20-9-18-14/h2-7H,1,8-9H2. The highest BCUT2D eigenvalue weighted by Crippen LogP contribution is 2.38. The first-order valence-electron chi connectivity index (χ1n) is 6.30. The average molecular weight is 268 g/mol. The molecule has 0 radical (unpaired) electrons. The highest BCUT2D eigenvalue weighted by molar-refractivity contribution is 5.80. The molecule has 0 saturated heterocycles. The summed E-state index contributed by atoms with van der Waals surface area (Å²) in [5.74, 6) is 3.05. The monoisotopic (exact) mass is 268 g/mol. The fourth-order valence-electron chi connectivity index (χ4n) is 2.34. The lowest BCUT2D eigenvalue weighted by Gasteiger charge is -2.08. The molecule has 0 saturated carbocycles. The van der Waals surface area contributed by atoms with E-state index in [4.69, 9.17) is 18.9 Å². The van der Waals surface area contributed by atoms with E-state index >= 15 is 0 Å². The van der Waals surface area contributed by atoms with Gasteiger partial charge in [0, 0.05) is 0 Å². The molecule has 0 bridgehead atoms. The summed E-state index contributed by atoms with van der Waals surface area (Å²) in [5.41, 5.74) is 2.89. The van der Waals surface area contributed by atoms with E-state index in [0.717, 1.165) is 39.7 Å². The highest BCUT2D eigenvalue weighted by atomic mass is 16.7. The van der Waals surface area contributed by atoms with Crippen molar-refractivity contribution < 1.29 is 18.9 Å². The molecule has 0 atom stereocenters. The van der Waals surface area contributed by atoms with E-state index in [2.05, 4.69) is 6.58 Å². The van der Waals surface area contributed by atoms with Gasteiger partial charge in [0.15, 0.2) is 23.0 Å². The van der Waals surface area contributed by atoms with Crippen LogP contribution in [-0.2, 0) is 0 Å². The van der Waals surface area contributed by atoms with E-state index in [1.54, 1.807) is 0 Å². The Kier molecular flexibility index (Phi) is 2.36. The molecular formula is C16H12O4. The lowest BCUT2D eigenvalue weighted by Crippen LogP contribution is -1.93. The van der Waals surface area contributed by atoms with Gasteiger partial charge >= 0.3 is 0 Å². The third-order valence-electron chi connectivity index (χ3n) is 3.44. The Morgan fingerprint density at radius 1 is 0.700 bits per heavy atom. The summed E-state index contributed by atoms with van der Waals surface area (Å²) in [7, 11) is 0. The summed E-state index contributed by atoms with van der Waals surface area (Å²) in [4.78, 5) is 0. The Bertz CT molecular complexity index is 646. The lowest BCUT2D eigenvalue weighted by atomic mass is 9.99. The van der Waals surface area contributed by atoms with Crippen molar-refractivity contribution in [2.45, 2.75) is 0 Å². The average Bonchev–Trinajstić information content (AvgIpc) is 3.13. The van der Waals surface area contributed by atoms with Crippen LogP contribution in [0, 0.1) is 0 Å². The Morgan fingerprint density at radius 3 is 1.65 bits per heavy atom. The van der Waals surface area contributed by atoms with Gasteiger partial charge in [0.1, 0.15) is 0 Å². The summed E-state index contributed by atoms with van der Waals surface area (Å²) in [5, 5.41) is 0. The molecule has 2 aliphatic rings. The number of hydrogen-bond acceptors (Lipinski definition) is 4. The molecule has 2 aromatic carbocycles. The molecule has 0 amide bonds. The summed E-state index contributed by atoms with van der Waals surface area (Å²) < 4.78 is 21.4. The van der Waals surface area contributed by atoms with Gasteiger partial charge in [-0.25, -0.2) is 0 Å². The minimum absolute atomic E-state index is 0.273. The van der Waals surface area contributed by atoms with Gasteiger partial charge in [0.05, 0.1) is 0 Å². The fourth-order valence-corrected chi connectivity index (χ4v) is 2.34. The molecule has 2 aliphatic heterocycles. The zero-order chi connectivity index (χ0) is 13.5. The maximum atomic E-state index is 5.39. The van der Waals surface area contributed by atoms with Gasteiger partial charge in [-0.3, -0.25) is 0 Å². The minimum Gasteiger partial charge on any atom is -0.454 e. The summed E-state index contributed by atoms with van der Waals surface area (Å²) >= 11 is 0. The first kappa shape index (κ1) is 11.2. The predicted molar refractivity (Wildman–Crippen MR) is 73.3 cm³/mol. The van der Waals surface area contributed by atoms with Crippen molar-refractivity contribution in [1.29, 1.82) is 0 Å². The van der Waals surface area contributed by atoms with Crippen molar-refractivity contribution in [3.63, 3.8) is 0 Å². The molecule has 0 unspecified atom stereocenters. The van der Waals surface area contributed by atoms with Crippen molar-refractivity contribution in [2.24, 2.45) is 0 Å². The van der Waals surface area contributed by atoms with E-state index in [1.165, 1.54) is 0 Å². The van der Waals surface area contributed by atoms with Crippen LogP contribution in [0.1, 0.15) is 11.1 Å². The Morgan fingerprint density at radius 2 is 1.15 bits per heavy atom. The zero-order valence-corrected chi connectivity index (χ0v) is 10.7. The number of benzene rings is 2. The quantitative estimate of drug-likeness (QED) is 0.838. The van der Waals surface area contributed by atoms with Crippen LogP contribution >= 0.6 is 0 Å². The number of hydrogen-bond donors (Lipinski definition) is 0. The Labute approximate surface area is 116 Å².